The van der Waals surface area contributed by atoms with E-state index in [1.165, 1.54) is 9.80 Å². The number of carbonyl (C=O) groups excluding carboxylic acids is 1. The summed E-state index contributed by atoms with van der Waals surface area (Å²) in [7, 11) is 1.65. The normalized spacial score (nSPS) is 22.8. The summed E-state index contributed by atoms with van der Waals surface area (Å²) in [6, 6.07) is 7.55. The Morgan fingerprint density at radius 1 is 1.18 bits per heavy atom. The lowest BCUT2D eigenvalue weighted by Gasteiger charge is -2.31. The lowest BCUT2D eigenvalue weighted by Crippen LogP contribution is -3.30. The molecule has 0 aliphatic carbocycles. The summed E-state index contributed by atoms with van der Waals surface area (Å²) in [5, 5.41) is 0. The van der Waals surface area contributed by atoms with Crippen molar-refractivity contribution in [3.05, 3.63) is 24.3 Å². The Bertz CT molecular complexity index is 470. The highest BCUT2D eigenvalue weighted by Crippen LogP contribution is 2.16. The topological polar surface area (TPSA) is 70.4 Å². The first-order chi connectivity index (χ1) is 10.6. The molecule has 0 saturated carbocycles. The van der Waals surface area contributed by atoms with Crippen LogP contribution in [0.5, 0.6) is 11.5 Å². The van der Waals surface area contributed by atoms with Crippen LogP contribution in [0.25, 0.3) is 0 Å². The van der Waals surface area contributed by atoms with Gasteiger partial charge >= 0.3 is 0 Å². The van der Waals surface area contributed by atoms with Crippen LogP contribution in [0.15, 0.2) is 24.3 Å². The average molecular weight is 309 g/mol. The van der Waals surface area contributed by atoms with Crippen molar-refractivity contribution in [3.8, 4) is 11.5 Å². The van der Waals surface area contributed by atoms with Crippen molar-refractivity contribution < 1.29 is 24.1 Å². The quantitative estimate of drug-likeness (QED) is 0.532. The summed E-state index contributed by atoms with van der Waals surface area (Å²) in [5.74, 6) is 1.49. The summed E-state index contributed by atoms with van der Waals surface area (Å²) in [5.41, 5.74) is 5.37. The number of quaternary nitrogens is 2. The fourth-order valence-corrected chi connectivity index (χ4v) is 2.79. The van der Waals surface area contributed by atoms with E-state index in [-0.39, 0.29) is 11.9 Å². The van der Waals surface area contributed by atoms with Gasteiger partial charge in [-0.1, -0.05) is 0 Å². The van der Waals surface area contributed by atoms with Gasteiger partial charge in [-0.15, -0.1) is 0 Å². The SMILES string of the molecule is COc1ccc(OCC[NH+]2CC[NH+]([C@@H](C)C(N)=O)CC2)cc1. The van der Waals surface area contributed by atoms with E-state index < -0.39 is 0 Å². The van der Waals surface area contributed by atoms with Crippen molar-refractivity contribution in [1.82, 2.24) is 0 Å². The molecule has 122 valence electrons. The van der Waals surface area contributed by atoms with E-state index in [0.717, 1.165) is 44.2 Å². The lowest BCUT2D eigenvalue weighted by atomic mass is 10.2. The number of hydrogen-bond donors (Lipinski definition) is 3. The second-order valence-electron chi connectivity index (χ2n) is 5.81. The predicted molar refractivity (Wildman–Crippen MR) is 83.4 cm³/mol. The first-order valence-electron chi connectivity index (χ1n) is 7.84. The minimum Gasteiger partial charge on any atom is -0.497 e. The van der Waals surface area contributed by atoms with Crippen molar-refractivity contribution >= 4 is 5.91 Å². The van der Waals surface area contributed by atoms with Gasteiger partial charge in [0.2, 0.25) is 0 Å². The van der Waals surface area contributed by atoms with Gasteiger partial charge in [0.15, 0.2) is 6.04 Å². The molecule has 1 aromatic carbocycles. The molecule has 1 atom stereocenters. The summed E-state index contributed by atoms with van der Waals surface area (Å²) in [6.07, 6.45) is 0. The Hall–Kier alpha value is -1.79. The molecule has 1 heterocycles. The minimum atomic E-state index is -0.207. The summed E-state index contributed by atoms with van der Waals surface area (Å²) in [4.78, 5) is 14.0. The Kier molecular flexibility index (Phi) is 6.03. The molecule has 1 aliphatic heterocycles. The highest BCUT2D eigenvalue weighted by Gasteiger charge is 2.29. The van der Waals surface area contributed by atoms with Crippen LogP contribution in [0.2, 0.25) is 0 Å². The number of nitrogens with one attached hydrogen (secondary N) is 2. The monoisotopic (exact) mass is 309 g/mol. The number of piperazine rings is 1. The van der Waals surface area contributed by atoms with Gasteiger partial charge in [0.25, 0.3) is 5.91 Å². The van der Waals surface area contributed by atoms with Gasteiger partial charge < -0.3 is 25.0 Å². The molecule has 0 bridgehead atoms. The number of primary amides is 1. The maximum atomic E-state index is 11.2. The van der Waals surface area contributed by atoms with Gasteiger partial charge in [0, 0.05) is 0 Å². The third-order valence-electron chi connectivity index (χ3n) is 4.42. The lowest BCUT2D eigenvalue weighted by molar-refractivity contribution is -1.02. The first kappa shape index (κ1) is 16.6. The van der Waals surface area contributed by atoms with E-state index in [2.05, 4.69) is 0 Å². The fraction of sp³-hybridized carbons (Fsp3) is 0.562. The molecule has 4 N–H and O–H groups in total. The number of ether oxygens (including phenoxy) is 2. The molecule has 0 radical (unpaired) electrons. The van der Waals surface area contributed by atoms with E-state index in [4.69, 9.17) is 15.2 Å². The molecule has 1 aliphatic rings. The van der Waals surface area contributed by atoms with Gasteiger partial charge in [0.05, 0.1) is 7.11 Å². The number of benzene rings is 1. The number of nitrogens with two attached hydrogens (primary N) is 1. The molecular formula is C16H27N3O3+2. The van der Waals surface area contributed by atoms with Gasteiger partial charge in [-0.2, -0.15) is 0 Å². The molecule has 0 aromatic heterocycles. The molecule has 0 spiro atoms. The van der Waals surface area contributed by atoms with Gasteiger partial charge in [-0.25, -0.2) is 0 Å². The number of rotatable bonds is 7. The molecule has 1 saturated heterocycles. The van der Waals surface area contributed by atoms with E-state index in [9.17, 15) is 4.79 Å². The van der Waals surface area contributed by atoms with Crippen LogP contribution in [-0.2, 0) is 4.79 Å². The van der Waals surface area contributed by atoms with E-state index in [1.807, 2.05) is 31.2 Å². The standard InChI is InChI=1S/C16H25N3O3/c1-13(16(17)20)19-9-7-18(8-10-19)11-12-22-15-5-3-14(21-2)4-6-15/h3-6,13H,7-12H2,1-2H3,(H2,17,20)/p+2/t13-/m0/s1. The molecule has 2 rings (SSSR count). The van der Waals surface area contributed by atoms with Crippen LogP contribution in [0.3, 0.4) is 0 Å². The number of amides is 1. The zero-order valence-corrected chi connectivity index (χ0v) is 13.4. The highest BCUT2D eigenvalue weighted by atomic mass is 16.5. The Morgan fingerprint density at radius 3 is 2.32 bits per heavy atom. The molecule has 6 nitrogen and oxygen atoms in total. The predicted octanol–water partition coefficient (Wildman–Crippen LogP) is -2.27. The fourth-order valence-electron chi connectivity index (χ4n) is 2.79. The van der Waals surface area contributed by atoms with Crippen LogP contribution in [0.4, 0.5) is 0 Å². The van der Waals surface area contributed by atoms with Crippen LogP contribution in [0, 0.1) is 0 Å². The number of methoxy groups -OCH3 is 1. The summed E-state index contributed by atoms with van der Waals surface area (Å²) < 4.78 is 10.9. The molecule has 0 unspecified atom stereocenters. The van der Waals surface area contributed by atoms with E-state index in [1.54, 1.807) is 7.11 Å². The minimum absolute atomic E-state index is 0.0860. The summed E-state index contributed by atoms with van der Waals surface area (Å²) >= 11 is 0. The van der Waals surface area contributed by atoms with Crippen LogP contribution in [0.1, 0.15) is 6.92 Å². The second-order valence-corrected chi connectivity index (χ2v) is 5.81. The van der Waals surface area contributed by atoms with Crippen LogP contribution >= 0.6 is 0 Å². The third-order valence-corrected chi connectivity index (χ3v) is 4.42. The highest BCUT2D eigenvalue weighted by molar-refractivity contribution is 5.77. The molecule has 1 fully saturated rings. The maximum absolute atomic E-state index is 11.2. The van der Waals surface area contributed by atoms with Gasteiger partial charge in [-0.3, -0.25) is 4.79 Å². The zero-order valence-electron chi connectivity index (χ0n) is 13.4. The zero-order chi connectivity index (χ0) is 15.9. The van der Waals surface area contributed by atoms with Crippen molar-refractivity contribution in [2.75, 3.05) is 46.4 Å². The number of carbonyl (C=O) groups is 1. The Balaban J connectivity index is 1.67. The molecule has 1 aromatic rings. The van der Waals surface area contributed by atoms with Crippen molar-refractivity contribution in [1.29, 1.82) is 0 Å². The largest absolute Gasteiger partial charge is 0.497 e. The van der Waals surface area contributed by atoms with E-state index in [0.29, 0.717) is 6.61 Å². The first-order valence-corrected chi connectivity index (χ1v) is 7.84. The van der Waals surface area contributed by atoms with Gasteiger partial charge in [0.1, 0.15) is 50.8 Å². The molecule has 6 heteroatoms. The second kappa shape index (κ2) is 8.00. The van der Waals surface area contributed by atoms with Crippen LogP contribution in [-0.4, -0.2) is 58.4 Å². The summed E-state index contributed by atoms with van der Waals surface area (Å²) in [6.45, 7) is 7.67. The Morgan fingerprint density at radius 2 is 1.77 bits per heavy atom. The maximum Gasteiger partial charge on any atom is 0.275 e. The van der Waals surface area contributed by atoms with Crippen molar-refractivity contribution in [3.63, 3.8) is 0 Å². The smallest absolute Gasteiger partial charge is 0.275 e. The number of hydrogen-bond acceptors (Lipinski definition) is 3. The molecule has 1 amide bonds. The van der Waals surface area contributed by atoms with Crippen molar-refractivity contribution in [2.45, 2.75) is 13.0 Å². The average Bonchev–Trinajstić information content (AvgIpc) is 2.55. The van der Waals surface area contributed by atoms with Gasteiger partial charge in [-0.05, 0) is 31.2 Å². The molecular weight excluding hydrogens is 282 g/mol. The Labute approximate surface area is 131 Å². The van der Waals surface area contributed by atoms with Crippen LogP contribution < -0.4 is 25.0 Å². The third kappa shape index (κ3) is 4.61. The molecule has 22 heavy (non-hydrogen) atoms. The van der Waals surface area contributed by atoms with Crippen molar-refractivity contribution in [2.24, 2.45) is 5.73 Å². The van der Waals surface area contributed by atoms with E-state index >= 15 is 0 Å².